The Bertz CT molecular complexity index is 1770. The molecule has 1 N–H and O–H groups in total. The lowest BCUT2D eigenvalue weighted by molar-refractivity contribution is -0.140. The number of hydrogen-bond donors (Lipinski definition) is 1. The summed E-state index contributed by atoms with van der Waals surface area (Å²) < 4.78 is 34.8. The molecule has 1 atom stereocenters. The van der Waals surface area contributed by atoms with Gasteiger partial charge in [-0.05, 0) is 68.3 Å². The predicted molar refractivity (Wildman–Crippen MR) is 183 cm³/mol. The Morgan fingerprint density at radius 1 is 0.870 bits per heavy atom. The zero-order valence-electron chi connectivity index (χ0n) is 26.1. The average molecular weight is 683 g/mol. The molecule has 0 fully saturated rings. The lowest BCUT2D eigenvalue weighted by Gasteiger charge is -2.34. The molecule has 0 bridgehead atoms. The summed E-state index contributed by atoms with van der Waals surface area (Å²) in [6, 6.07) is 26.2. The first-order valence-electron chi connectivity index (χ1n) is 14.7. The van der Waals surface area contributed by atoms with Crippen LogP contribution in [0.2, 0.25) is 10.0 Å². The van der Waals surface area contributed by atoms with Crippen molar-refractivity contribution in [3.63, 3.8) is 0 Å². The highest BCUT2D eigenvalue weighted by Crippen LogP contribution is 2.36. The predicted octanol–water partition coefficient (Wildman–Crippen LogP) is 6.67. The second-order valence-corrected chi connectivity index (χ2v) is 13.8. The van der Waals surface area contributed by atoms with Crippen molar-refractivity contribution in [3.05, 3.63) is 124 Å². The molecule has 11 heteroatoms. The third-order valence-corrected chi connectivity index (χ3v) is 9.86. The van der Waals surface area contributed by atoms with Crippen molar-refractivity contribution in [1.82, 2.24) is 10.2 Å². The Balaban J connectivity index is 1.85. The van der Waals surface area contributed by atoms with E-state index >= 15 is 0 Å². The smallest absolute Gasteiger partial charge is 0.264 e. The molecule has 4 aromatic carbocycles. The second-order valence-electron chi connectivity index (χ2n) is 11.1. The number of aryl methyl sites for hydroxylation is 1. The standard InChI is InChI=1S/C35H37Cl2N3O5S/c1-24(2)38-35(42)32(21-26-10-6-5-7-11-26)39(22-27-12-8-13-28(20-27)45-4)33(41)23-40(31-15-9-14-30(36)34(31)37)46(43,44)29-18-16-25(3)17-19-29/h5-20,24,32H,21-23H2,1-4H3,(H,38,42)/t32-/m0/s1. The van der Waals surface area contributed by atoms with Crippen LogP contribution in [0.1, 0.15) is 30.5 Å². The van der Waals surface area contributed by atoms with Crippen LogP contribution in [0.4, 0.5) is 5.69 Å². The number of rotatable bonds is 13. The molecule has 0 spiro atoms. The maximum Gasteiger partial charge on any atom is 0.264 e. The highest BCUT2D eigenvalue weighted by atomic mass is 35.5. The number of nitrogens with one attached hydrogen (secondary N) is 1. The van der Waals surface area contributed by atoms with Gasteiger partial charge in [-0.2, -0.15) is 0 Å². The number of sulfonamides is 1. The minimum atomic E-state index is -4.32. The van der Waals surface area contributed by atoms with Gasteiger partial charge in [0.2, 0.25) is 11.8 Å². The largest absolute Gasteiger partial charge is 0.497 e. The molecule has 0 heterocycles. The topological polar surface area (TPSA) is 96.0 Å². The van der Waals surface area contributed by atoms with E-state index in [-0.39, 0.29) is 45.5 Å². The first-order valence-corrected chi connectivity index (χ1v) is 16.9. The van der Waals surface area contributed by atoms with E-state index in [1.807, 2.05) is 57.2 Å². The van der Waals surface area contributed by atoms with Gasteiger partial charge in [-0.25, -0.2) is 8.42 Å². The van der Waals surface area contributed by atoms with Crippen LogP contribution < -0.4 is 14.4 Å². The molecule has 4 rings (SSSR count). The molecule has 46 heavy (non-hydrogen) atoms. The number of anilines is 1. The van der Waals surface area contributed by atoms with E-state index in [4.69, 9.17) is 27.9 Å². The summed E-state index contributed by atoms with van der Waals surface area (Å²) in [5.41, 5.74) is 2.43. The Kier molecular flexibility index (Phi) is 11.7. The SMILES string of the molecule is COc1cccc(CN(C(=O)CN(c2cccc(Cl)c2Cl)S(=O)(=O)c2ccc(C)cc2)[C@@H](Cc2ccccc2)C(=O)NC(C)C)c1. The molecule has 0 aliphatic rings. The van der Waals surface area contributed by atoms with Gasteiger partial charge in [-0.15, -0.1) is 0 Å². The van der Waals surface area contributed by atoms with Crippen LogP contribution in [0.3, 0.4) is 0 Å². The number of halogens is 2. The van der Waals surface area contributed by atoms with Crippen molar-refractivity contribution in [2.75, 3.05) is 18.0 Å². The van der Waals surface area contributed by atoms with Gasteiger partial charge in [0.1, 0.15) is 18.3 Å². The van der Waals surface area contributed by atoms with Crippen LogP contribution in [-0.4, -0.2) is 50.9 Å². The number of benzene rings is 4. The van der Waals surface area contributed by atoms with Crippen molar-refractivity contribution >= 4 is 50.7 Å². The minimum absolute atomic E-state index is 0.000740. The van der Waals surface area contributed by atoms with Crippen molar-refractivity contribution < 1.29 is 22.7 Å². The fraction of sp³-hybridized carbons (Fsp3) is 0.257. The van der Waals surface area contributed by atoms with Gasteiger partial charge in [0.15, 0.2) is 0 Å². The minimum Gasteiger partial charge on any atom is -0.497 e. The molecule has 0 radical (unpaired) electrons. The summed E-state index contributed by atoms with van der Waals surface area (Å²) in [4.78, 5) is 29.8. The van der Waals surface area contributed by atoms with Crippen molar-refractivity contribution in [2.24, 2.45) is 0 Å². The molecule has 8 nitrogen and oxygen atoms in total. The zero-order chi connectivity index (χ0) is 33.4. The average Bonchev–Trinajstić information content (AvgIpc) is 3.03. The lowest BCUT2D eigenvalue weighted by Crippen LogP contribution is -2.54. The van der Waals surface area contributed by atoms with Gasteiger partial charge >= 0.3 is 0 Å². The van der Waals surface area contributed by atoms with Crippen LogP contribution >= 0.6 is 23.2 Å². The van der Waals surface area contributed by atoms with E-state index in [0.717, 1.165) is 15.4 Å². The molecule has 0 aliphatic heterocycles. The first kappa shape index (κ1) is 34.8. The van der Waals surface area contributed by atoms with Crippen molar-refractivity contribution in [1.29, 1.82) is 0 Å². The summed E-state index contributed by atoms with van der Waals surface area (Å²) in [6.07, 6.45) is 0.192. The van der Waals surface area contributed by atoms with Crippen molar-refractivity contribution in [2.45, 2.75) is 50.7 Å². The van der Waals surface area contributed by atoms with Gasteiger partial charge in [-0.1, -0.05) is 89.4 Å². The van der Waals surface area contributed by atoms with Gasteiger partial charge in [-0.3, -0.25) is 13.9 Å². The number of carbonyl (C=O) groups is 2. The molecule has 0 aromatic heterocycles. The summed E-state index contributed by atoms with van der Waals surface area (Å²) in [5, 5.41) is 3.05. The quantitative estimate of drug-likeness (QED) is 0.170. The van der Waals surface area contributed by atoms with E-state index in [2.05, 4.69) is 5.32 Å². The highest BCUT2D eigenvalue weighted by Gasteiger charge is 2.35. The van der Waals surface area contributed by atoms with E-state index < -0.39 is 28.5 Å². The van der Waals surface area contributed by atoms with Gasteiger partial charge in [0.05, 0.1) is 27.7 Å². The Morgan fingerprint density at radius 2 is 1.52 bits per heavy atom. The molecule has 4 aromatic rings. The fourth-order valence-electron chi connectivity index (χ4n) is 4.94. The lowest BCUT2D eigenvalue weighted by atomic mass is 10.0. The van der Waals surface area contributed by atoms with Crippen LogP contribution in [-0.2, 0) is 32.6 Å². The number of amides is 2. The third kappa shape index (κ3) is 8.60. The summed E-state index contributed by atoms with van der Waals surface area (Å²) >= 11 is 12.9. The number of carbonyl (C=O) groups excluding carboxylic acids is 2. The summed E-state index contributed by atoms with van der Waals surface area (Å²) in [6.45, 7) is 4.86. The highest BCUT2D eigenvalue weighted by molar-refractivity contribution is 7.92. The number of nitrogens with zero attached hydrogens (tertiary/aromatic N) is 2. The third-order valence-electron chi connectivity index (χ3n) is 7.28. The Hall–Kier alpha value is -4.05. The molecule has 242 valence electrons. The monoisotopic (exact) mass is 681 g/mol. The summed E-state index contributed by atoms with van der Waals surface area (Å²) in [7, 11) is -2.78. The second kappa shape index (κ2) is 15.5. The van der Waals surface area contributed by atoms with Crippen LogP contribution in [0.5, 0.6) is 5.75 Å². The number of methoxy groups -OCH3 is 1. The fourth-order valence-corrected chi connectivity index (χ4v) is 6.81. The van der Waals surface area contributed by atoms with Crippen LogP contribution in [0, 0.1) is 6.92 Å². The number of hydrogen-bond acceptors (Lipinski definition) is 5. The molecular formula is C35H37Cl2N3O5S. The Morgan fingerprint density at radius 3 is 2.17 bits per heavy atom. The molecule has 0 aliphatic carbocycles. The van der Waals surface area contributed by atoms with Crippen LogP contribution in [0.25, 0.3) is 0 Å². The van der Waals surface area contributed by atoms with Gasteiger partial charge in [0.25, 0.3) is 10.0 Å². The molecule has 0 saturated heterocycles. The van der Waals surface area contributed by atoms with E-state index in [0.29, 0.717) is 11.3 Å². The molecule has 0 saturated carbocycles. The molecule has 2 amide bonds. The van der Waals surface area contributed by atoms with E-state index in [1.54, 1.807) is 43.5 Å². The Labute approximate surface area is 280 Å². The number of ether oxygens (including phenoxy) is 1. The van der Waals surface area contributed by atoms with Gasteiger partial charge < -0.3 is 15.0 Å². The van der Waals surface area contributed by atoms with E-state index in [1.165, 1.54) is 29.2 Å². The zero-order valence-corrected chi connectivity index (χ0v) is 28.4. The van der Waals surface area contributed by atoms with Gasteiger partial charge in [0, 0.05) is 19.0 Å². The molecular weight excluding hydrogens is 645 g/mol. The maximum atomic E-state index is 14.6. The first-order chi connectivity index (χ1) is 21.9. The van der Waals surface area contributed by atoms with E-state index in [9.17, 15) is 18.0 Å². The molecule has 0 unspecified atom stereocenters. The maximum absolute atomic E-state index is 14.6. The van der Waals surface area contributed by atoms with Crippen molar-refractivity contribution in [3.8, 4) is 5.75 Å². The summed E-state index contributed by atoms with van der Waals surface area (Å²) in [5.74, 6) is -0.413. The van der Waals surface area contributed by atoms with Crippen LogP contribution in [0.15, 0.2) is 102 Å². The normalized spacial score (nSPS) is 12.0.